The normalized spacial score (nSPS) is 10.4. The van der Waals surface area contributed by atoms with Gasteiger partial charge >= 0.3 is 0 Å². The van der Waals surface area contributed by atoms with E-state index in [-0.39, 0.29) is 0 Å². The van der Waals surface area contributed by atoms with Gasteiger partial charge in [0.25, 0.3) is 0 Å². The number of hydrogen-bond donors (Lipinski definition) is 0. The average Bonchev–Trinajstić information content (AvgIpc) is 2.15. The van der Waals surface area contributed by atoms with Crippen molar-refractivity contribution in [1.29, 1.82) is 0 Å². The Kier molecular flexibility index (Phi) is 3.67. The number of aldehydes is 1. The minimum atomic E-state index is 0.603. The molecule has 1 aromatic heterocycles. The molecule has 3 heteroatoms. The minimum absolute atomic E-state index is 0.603. The van der Waals surface area contributed by atoms with Crippen molar-refractivity contribution in [3.8, 4) is 0 Å². The molecule has 12 heavy (non-hydrogen) atoms. The van der Waals surface area contributed by atoms with Crippen LogP contribution in [0.1, 0.15) is 16.1 Å². The summed E-state index contributed by atoms with van der Waals surface area (Å²) in [6.45, 7) is 0. The fraction of sp³-hybridized carbons (Fsp3) is 0.111. The Bertz CT molecular complexity index is 279. The van der Waals surface area contributed by atoms with Gasteiger partial charge in [0, 0.05) is 17.1 Å². The van der Waals surface area contributed by atoms with Gasteiger partial charge in [0.2, 0.25) is 0 Å². The van der Waals surface area contributed by atoms with Gasteiger partial charge in [-0.2, -0.15) is 0 Å². The van der Waals surface area contributed by atoms with Crippen molar-refractivity contribution >= 4 is 28.3 Å². The molecular weight excluding hydrogens is 218 g/mol. The Morgan fingerprint density at radius 3 is 2.83 bits per heavy atom. The quantitative estimate of drug-likeness (QED) is 0.584. The summed E-state index contributed by atoms with van der Waals surface area (Å²) in [5.74, 6) is 0. The highest BCUT2D eigenvalue weighted by atomic mass is 79.9. The van der Waals surface area contributed by atoms with Gasteiger partial charge in [0.05, 0.1) is 5.69 Å². The molecule has 0 saturated carbocycles. The van der Waals surface area contributed by atoms with Gasteiger partial charge in [0.15, 0.2) is 6.29 Å². The van der Waals surface area contributed by atoms with Crippen LogP contribution in [0.2, 0.25) is 0 Å². The van der Waals surface area contributed by atoms with Gasteiger partial charge < -0.3 is 0 Å². The maximum Gasteiger partial charge on any atom is 0.151 e. The molecule has 0 unspecified atom stereocenters. The zero-order valence-electron chi connectivity index (χ0n) is 6.40. The molecule has 0 aliphatic heterocycles. The first-order chi connectivity index (χ1) is 5.86. The Morgan fingerprint density at radius 1 is 1.50 bits per heavy atom. The van der Waals surface area contributed by atoms with Crippen molar-refractivity contribution < 1.29 is 4.79 Å². The van der Waals surface area contributed by atoms with Crippen LogP contribution in [-0.2, 0) is 0 Å². The van der Waals surface area contributed by atoms with Crippen LogP contribution in [0.3, 0.4) is 0 Å². The van der Waals surface area contributed by atoms with Crippen LogP contribution >= 0.6 is 15.9 Å². The summed E-state index contributed by atoms with van der Waals surface area (Å²) in [7, 11) is 0. The summed E-state index contributed by atoms with van der Waals surface area (Å²) in [5.41, 5.74) is 1.46. The second-order valence-corrected chi connectivity index (χ2v) is 2.84. The Balaban J connectivity index is 2.77. The predicted molar refractivity (Wildman–Crippen MR) is 52.5 cm³/mol. The molecule has 0 radical (unpaired) electrons. The molecule has 1 heterocycles. The molecule has 2 nitrogen and oxygen atoms in total. The SMILES string of the molecule is O=Cc1ccc(C=CCBr)nc1. The second kappa shape index (κ2) is 4.83. The third-order valence-corrected chi connectivity index (χ3v) is 1.70. The van der Waals surface area contributed by atoms with Crippen molar-refractivity contribution in [2.75, 3.05) is 5.33 Å². The standard InChI is InChI=1S/C9H8BrNO/c10-5-1-2-9-4-3-8(7-12)6-11-9/h1-4,6-7H,5H2. The number of carbonyl (C=O) groups excluding carboxylic acids is 1. The molecule has 0 fully saturated rings. The number of carbonyl (C=O) groups is 1. The van der Waals surface area contributed by atoms with E-state index in [0.29, 0.717) is 5.56 Å². The van der Waals surface area contributed by atoms with Gasteiger partial charge in [0.1, 0.15) is 0 Å². The molecule has 0 spiro atoms. The lowest BCUT2D eigenvalue weighted by atomic mass is 10.2. The number of allylic oxidation sites excluding steroid dienone is 1. The summed E-state index contributed by atoms with van der Waals surface area (Å²) in [4.78, 5) is 14.3. The number of halogens is 1. The van der Waals surface area contributed by atoms with E-state index in [1.165, 1.54) is 0 Å². The number of rotatable bonds is 3. The van der Waals surface area contributed by atoms with Crippen molar-refractivity contribution in [3.05, 3.63) is 35.7 Å². The molecule has 0 aliphatic rings. The zero-order chi connectivity index (χ0) is 8.81. The first kappa shape index (κ1) is 9.13. The van der Waals surface area contributed by atoms with Crippen LogP contribution in [0.4, 0.5) is 0 Å². The molecule has 1 aromatic rings. The molecule has 62 valence electrons. The maximum atomic E-state index is 10.3. The second-order valence-electron chi connectivity index (χ2n) is 2.19. The van der Waals surface area contributed by atoms with E-state index in [0.717, 1.165) is 17.3 Å². The van der Waals surface area contributed by atoms with E-state index in [1.54, 1.807) is 12.3 Å². The number of hydrogen-bond acceptors (Lipinski definition) is 2. The van der Waals surface area contributed by atoms with Crippen molar-refractivity contribution in [1.82, 2.24) is 4.98 Å². The number of aromatic nitrogens is 1. The van der Waals surface area contributed by atoms with E-state index in [1.807, 2.05) is 18.2 Å². The monoisotopic (exact) mass is 225 g/mol. The molecule has 0 saturated heterocycles. The lowest BCUT2D eigenvalue weighted by Crippen LogP contribution is -1.84. The summed E-state index contributed by atoms with van der Waals surface area (Å²) < 4.78 is 0. The third-order valence-electron chi connectivity index (χ3n) is 1.32. The van der Waals surface area contributed by atoms with E-state index < -0.39 is 0 Å². The minimum Gasteiger partial charge on any atom is -0.298 e. The van der Waals surface area contributed by atoms with E-state index in [9.17, 15) is 4.79 Å². The molecule has 0 atom stereocenters. The molecule has 0 amide bonds. The fourth-order valence-corrected chi connectivity index (χ4v) is 0.937. The lowest BCUT2D eigenvalue weighted by molar-refractivity contribution is 0.112. The summed E-state index contributed by atoms with van der Waals surface area (Å²) >= 11 is 3.26. The maximum absolute atomic E-state index is 10.3. The summed E-state index contributed by atoms with van der Waals surface area (Å²) in [6.07, 6.45) is 6.18. The molecule has 0 aliphatic carbocycles. The Morgan fingerprint density at radius 2 is 2.33 bits per heavy atom. The lowest BCUT2D eigenvalue weighted by Gasteiger charge is -1.91. The zero-order valence-corrected chi connectivity index (χ0v) is 7.99. The molecular formula is C9H8BrNO. The predicted octanol–water partition coefficient (Wildman–Crippen LogP) is 2.30. The van der Waals surface area contributed by atoms with Crippen molar-refractivity contribution in [3.63, 3.8) is 0 Å². The number of alkyl halides is 1. The van der Waals surface area contributed by atoms with Crippen LogP contribution < -0.4 is 0 Å². The van der Waals surface area contributed by atoms with Gasteiger partial charge in [-0.3, -0.25) is 9.78 Å². The van der Waals surface area contributed by atoms with Crippen LogP contribution in [0.15, 0.2) is 24.4 Å². The average molecular weight is 226 g/mol. The third kappa shape index (κ3) is 2.58. The van der Waals surface area contributed by atoms with Gasteiger partial charge in [-0.05, 0) is 18.2 Å². The molecule has 0 N–H and O–H groups in total. The summed E-state index contributed by atoms with van der Waals surface area (Å²) in [5, 5.41) is 0.810. The Labute approximate surface area is 79.5 Å². The van der Waals surface area contributed by atoms with Gasteiger partial charge in [-0.15, -0.1) is 0 Å². The highest BCUT2D eigenvalue weighted by Crippen LogP contribution is 2.00. The number of pyridine rings is 1. The van der Waals surface area contributed by atoms with Gasteiger partial charge in [-0.1, -0.05) is 22.0 Å². The Hall–Kier alpha value is -0.960. The van der Waals surface area contributed by atoms with Crippen LogP contribution in [0, 0.1) is 0 Å². The fourth-order valence-electron chi connectivity index (χ4n) is 0.750. The molecule has 0 aromatic carbocycles. The number of nitrogens with zero attached hydrogens (tertiary/aromatic N) is 1. The summed E-state index contributed by atoms with van der Waals surface area (Å²) in [6, 6.07) is 3.55. The van der Waals surface area contributed by atoms with Crippen LogP contribution in [-0.4, -0.2) is 16.6 Å². The highest BCUT2D eigenvalue weighted by molar-refractivity contribution is 9.09. The van der Waals surface area contributed by atoms with E-state index in [4.69, 9.17) is 0 Å². The first-order valence-corrected chi connectivity index (χ1v) is 4.62. The highest BCUT2D eigenvalue weighted by Gasteiger charge is 1.89. The van der Waals surface area contributed by atoms with Crippen molar-refractivity contribution in [2.45, 2.75) is 0 Å². The van der Waals surface area contributed by atoms with E-state index in [2.05, 4.69) is 20.9 Å². The van der Waals surface area contributed by atoms with Crippen LogP contribution in [0.25, 0.3) is 6.08 Å². The van der Waals surface area contributed by atoms with Crippen LogP contribution in [0.5, 0.6) is 0 Å². The first-order valence-electron chi connectivity index (χ1n) is 3.50. The molecule has 1 rings (SSSR count). The smallest absolute Gasteiger partial charge is 0.151 e. The largest absolute Gasteiger partial charge is 0.298 e. The van der Waals surface area contributed by atoms with E-state index >= 15 is 0 Å². The topological polar surface area (TPSA) is 30.0 Å². The van der Waals surface area contributed by atoms with Crippen molar-refractivity contribution in [2.24, 2.45) is 0 Å². The van der Waals surface area contributed by atoms with Gasteiger partial charge in [-0.25, -0.2) is 0 Å². The molecule has 0 bridgehead atoms.